The van der Waals surface area contributed by atoms with Crippen LogP contribution in [0.15, 0.2) is 18.2 Å². The number of rotatable bonds is 4. The molecule has 0 bridgehead atoms. The molecule has 2 rings (SSSR count). The van der Waals surface area contributed by atoms with Crippen LogP contribution in [0.2, 0.25) is 5.02 Å². The fourth-order valence-electron chi connectivity index (χ4n) is 2.30. The summed E-state index contributed by atoms with van der Waals surface area (Å²) in [6.07, 6.45) is 2.54. The topological polar surface area (TPSA) is 24.5 Å². The van der Waals surface area contributed by atoms with Crippen LogP contribution in [-0.4, -0.2) is 38.7 Å². The molecule has 18 heavy (non-hydrogen) atoms. The third-order valence-corrected chi connectivity index (χ3v) is 3.88. The molecule has 3 nitrogen and oxygen atoms in total. The first-order chi connectivity index (χ1) is 8.69. The normalized spacial score (nSPS) is 17.7. The van der Waals surface area contributed by atoms with E-state index in [1.54, 1.807) is 7.11 Å². The molecule has 0 aromatic heterocycles. The molecule has 0 aliphatic carbocycles. The van der Waals surface area contributed by atoms with Gasteiger partial charge in [-0.05, 0) is 57.1 Å². The maximum Gasteiger partial charge on any atom is 0.137 e. The van der Waals surface area contributed by atoms with Crippen molar-refractivity contribution >= 4 is 17.3 Å². The van der Waals surface area contributed by atoms with Gasteiger partial charge < -0.3 is 15.0 Å². The van der Waals surface area contributed by atoms with Gasteiger partial charge in [-0.3, -0.25) is 0 Å². The molecule has 1 fully saturated rings. The average molecular weight is 269 g/mol. The second-order valence-electron chi connectivity index (χ2n) is 4.98. The smallest absolute Gasteiger partial charge is 0.137 e. The zero-order valence-electron chi connectivity index (χ0n) is 11.1. The Bertz CT molecular complexity index is 389. The van der Waals surface area contributed by atoms with Crippen LogP contribution in [-0.2, 0) is 0 Å². The molecule has 1 aromatic carbocycles. The summed E-state index contributed by atoms with van der Waals surface area (Å²) in [5, 5.41) is 4.12. The second-order valence-corrected chi connectivity index (χ2v) is 5.38. The SMILES string of the molecule is COc1ccc(NCC2CCN(C)CC2)cc1Cl. The molecule has 1 aliphatic rings. The fraction of sp³-hybridized carbons (Fsp3) is 0.571. The van der Waals surface area contributed by atoms with Crippen LogP contribution in [0.5, 0.6) is 5.75 Å². The molecule has 0 atom stereocenters. The minimum atomic E-state index is 0.658. The Kier molecular flexibility index (Phi) is 4.72. The number of hydrogen-bond acceptors (Lipinski definition) is 3. The largest absolute Gasteiger partial charge is 0.495 e. The van der Waals surface area contributed by atoms with E-state index in [0.29, 0.717) is 5.02 Å². The van der Waals surface area contributed by atoms with Gasteiger partial charge in [-0.2, -0.15) is 0 Å². The van der Waals surface area contributed by atoms with Gasteiger partial charge in [0, 0.05) is 12.2 Å². The van der Waals surface area contributed by atoms with E-state index >= 15 is 0 Å². The first-order valence-corrected chi connectivity index (χ1v) is 6.83. The molecule has 100 valence electrons. The molecular formula is C14H21ClN2O. The molecule has 0 spiro atoms. The van der Waals surface area contributed by atoms with E-state index in [1.807, 2.05) is 18.2 Å². The van der Waals surface area contributed by atoms with Gasteiger partial charge in [0.2, 0.25) is 0 Å². The number of ether oxygens (including phenoxy) is 1. The Balaban J connectivity index is 1.84. The number of hydrogen-bond donors (Lipinski definition) is 1. The fourth-order valence-corrected chi connectivity index (χ4v) is 2.56. The van der Waals surface area contributed by atoms with Crippen molar-refractivity contribution in [3.63, 3.8) is 0 Å². The third-order valence-electron chi connectivity index (χ3n) is 3.58. The zero-order valence-corrected chi connectivity index (χ0v) is 11.8. The maximum atomic E-state index is 6.10. The third kappa shape index (κ3) is 3.53. The second kappa shape index (κ2) is 6.30. The molecule has 0 unspecified atom stereocenters. The highest BCUT2D eigenvalue weighted by atomic mass is 35.5. The number of likely N-dealkylation sites (tertiary alicyclic amines) is 1. The van der Waals surface area contributed by atoms with Crippen molar-refractivity contribution in [3.8, 4) is 5.75 Å². The highest BCUT2D eigenvalue weighted by molar-refractivity contribution is 6.32. The van der Waals surface area contributed by atoms with Gasteiger partial charge in [-0.25, -0.2) is 0 Å². The van der Waals surface area contributed by atoms with Crippen LogP contribution in [0.4, 0.5) is 5.69 Å². The van der Waals surface area contributed by atoms with Crippen LogP contribution >= 0.6 is 11.6 Å². The van der Waals surface area contributed by atoms with Crippen molar-refractivity contribution in [2.45, 2.75) is 12.8 Å². The first kappa shape index (κ1) is 13.5. The summed E-state index contributed by atoms with van der Waals surface area (Å²) in [5.74, 6) is 1.49. The first-order valence-electron chi connectivity index (χ1n) is 6.45. The summed E-state index contributed by atoms with van der Waals surface area (Å²) in [6, 6.07) is 5.84. The molecule has 1 heterocycles. The summed E-state index contributed by atoms with van der Waals surface area (Å²) >= 11 is 6.10. The van der Waals surface area contributed by atoms with E-state index in [9.17, 15) is 0 Å². The van der Waals surface area contributed by atoms with Crippen LogP contribution in [0.25, 0.3) is 0 Å². The Hall–Kier alpha value is -0.930. The molecule has 0 amide bonds. The van der Waals surface area contributed by atoms with Gasteiger partial charge in [0.05, 0.1) is 12.1 Å². The van der Waals surface area contributed by atoms with E-state index in [1.165, 1.54) is 25.9 Å². The van der Waals surface area contributed by atoms with Crippen molar-refractivity contribution in [1.82, 2.24) is 4.90 Å². The minimum absolute atomic E-state index is 0.658. The van der Waals surface area contributed by atoms with Crippen molar-refractivity contribution in [2.75, 3.05) is 39.1 Å². The molecule has 1 aliphatic heterocycles. The summed E-state index contributed by atoms with van der Waals surface area (Å²) in [5.41, 5.74) is 1.07. The van der Waals surface area contributed by atoms with Crippen LogP contribution in [0, 0.1) is 5.92 Å². The lowest BCUT2D eigenvalue weighted by Crippen LogP contribution is -2.32. The molecular weight excluding hydrogens is 248 g/mol. The van der Waals surface area contributed by atoms with Crippen molar-refractivity contribution in [3.05, 3.63) is 23.2 Å². The number of benzene rings is 1. The molecule has 1 N–H and O–H groups in total. The number of anilines is 1. The zero-order chi connectivity index (χ0) is 13.0. The van der Waals surface area contributed by atoms with Crippen LogP contribution in [0.3, 0.4) is 0 Å². The number of halogens is 1. The lowest BCUT2D eigenvalue weighted by Gasteiger charge is -2.29. The summed E-state index contributed by atoms with van der Waals surface area (Å²) < 4.78 is 5.14. The van der Waals surface area contributed by atoms with Gasteiger partial charge in [-0.15, -0.1) is 0 Å². The Morgan fingerprint density at radius 3 is 2.72 bits per heavy atom. The maximum absolute atomic E-state index is 6.10. The summed E-state index contributed by atoms with van der Waals surface area (Å²) in [7, 11) is 3.82. The van der Waals surface area contributed by atoms with Crippen LogP contribution in [0.1, 0.15) is 12.8 Å². The molecule has 0 saturated carbocycles. The number of nitrogens with zero attached hydrogens (tertiary/aromatic N) is 1. The lowest BCUT2D eigenvalue weighted by atomic mass is 9.97. The predicted octanol–water partition coefficient (Wildman–Crippen LogP) is 3.10. The van der Waals surface area contributed by atoms with E-state index in [-0.39, 0.29) is 0 Å². The van der Waals surface area contributed by atoms with Crippen molar-refractivity contribution < 1.29 is 4.74 Å². The monoisotopic (exact) mass is 268 g/mol. The number of piperidine rings is 1. The van der Waals surface area contributed by atoms with Gasteiger partial charge >= 0.3 is 0 Å². The molecule has 4 heteroatoms. The van der Waals surface area contributed by atoms with Gasteiger partial charge in [0.1, 0.15) is 5.75 Å². The van der Waals surface area contributed by atoms with Crippen molar-refractivity contribution in [2.24, 2.45) is 5.92 Å². The van der Waals surface area contributed by atoms with Crippen molar-refractivity contribution in [1.29, 1.82) is 0 Å². The summed E-state index contributed by atoms with van der Waals surface area (Å²) in [6.45, 7) is 3.43. The van der Waals surface area contributed by atoms with Gasteiger partial charge in [-0.1, -0.05) is 11.6 Å². The molecule has 1 saturated heterocycles. The highest BCUT2D eigenvalue weighted by Crippen LogP contribution is 2.27. The van der Waals surface area contributed by atoms with Gasteiger partial charge in [0.15, 0.2) is 0 Å². The number of methoxy groups -OCH3 is 1. The van der Waals surface area contributed by atoms with E-state index in [4.69, 9.17) is 16.3 Å². The molecule has 1 aromatic rings. The number of nitrogens with one attached hydrogen (secondary N) is 1. The minimum Gasteiger partial charge on any atom is -0.495 e. The molecule has 0 radical (unpaired) electrons. The predicted molar refractivity (Wildman–Crippen MR) is 76.7 cm³/mol. The quantitative estimate of drug-likeness (QED) is 0.908. The Morgan fingerprint density at radius 1 is 1.39 bits per heavy atom. The highest BCUT2D eigenvalue weighted by Gasteiger charge is 2.16. The van der Waals surface area contributed by atoms with E-state index in [2.05, 4.69) is 17.3 Å². The summed E-state index contributed by atoms with van der Waals surface area (Å²) in [4.78, 5) is 2.39. The van der Waals surface area contributed by atoms with Crippen LogP contribution < -0.4 is 10.1 Å². The standard InChI is InChI=1S/C14H21ClN2O/c1-17-7-5-11(6-8-17)10-16-12-3-4-14(18-2)13(15)9-12/h3-4,9,11,16H,5-8,10H2,1-2H3. The van der Waals surface area contributed by atoms with E-state index < -0.39 is 0 Å². The van der Waals surface area contributed by atoms with E-state index in [0.717, 1.165) is 23.9 Å². The Morgan fingerprint density at radius 2 is 2.11 bits per heavy atom. The van der Waals surface area contributed by atoms with Gasteiger partial charge in [0.25, 0.3) is 0 Å². The Labute approximate surface area is 114 Å². The average Bonchev–Trinajstić information content (AvgIpc) is 2.38. The lowest BCUT2D eigenvalue weighted by molar-refractivity contribution is 0.226.